The molecule has 3 N–H and O–H groups in total. The third kappa shape index (κ3) is 2.21. The Morgan fingerprint density at radius 3 is 2.56 bits per heavy atom. The van der Waals surface area contributed by atoms with E-state index in [4.69, 9.17) is 5.84 Å². The van der Waals surface area contributed by atoms with Crippen LogP contribution in [0, 0.1) is 11.8 Å². The summed E-state index contributed by atoms with van der Waals surface area (Å²) in [4.78, 5) is 3.94. The molecule has 0 radical (unpaired) electrons. The average Bonchev–Trinajstić information content (AvgIpc) is 2.70. The Balaban J connectivity index is 2.37. The molecular weight excluding hydrogens is 252 g/mol. The Labute approximate surface area is 107 Å². The van der Waals surface area contributed by atoms with Gasteiger partial charge >= 0.3 is 0 Å². The number of hydrogen-bond donors (Lipinski definition) is 2. The molecule has 1 saturated heterocycles. The van der Waals surface area contributed by atoms with E-state index in [1.807, 2.05) is 0 Å². The number of rotatable bonds is 3. The Morgan fingerprint density at radius 2 is 2.00 bits per heavy atom. The van der Waals surface area contributed by atoms with E-state index in [1.165, 1.54) is 10.5 Å². The Bertz CT molecular complexity index is 522. The van der Waals surface area contributed by atoms with Gasteiger partial charge in [0.2, 0.25) is 0 Å². The lowest BCUT2D eigenvalue weighted by Crippen LogP contribution is -2.30. The van der Waals surface area contributed by atoms with Gasteiger partial charge < -0.3 is 5.43 Å². The molecule has 1 aromatic heterocycles. The quantitative estimate of drug-likeness (QED) is 0.621. The van der Waals surface area contributed by atoms with Crippen LogP contribution in [0.1, 0.15) is 13.8 Å². The second-order valence-corrected chi connectivity index (χ2v) is 6.63. The van der Waals surface area contributed by atoms with Crippen LogP contribution in [0.25, 0.3) is 0 Å². The number of sulfonamides is 1. The van der Waals surface area contributed by atoms with Gasteiger partial charge in [-0.25, -0.2) is 13.4 Å². The zero-order valence-electron chi connectivity index (χ0n) is 10.5. The van der Waals surface area contributed by atoms with Crippen molar-refractivity contribution in [2.24, 2.45) is 17.7 Å². The summed E-state index contributed by atoms with van der Waals surface area (Å²) in [6.45, 7) is 5.18. The fourth-order valence-corrected chi connectivity index (χ4v) is 3.81. The Kier molecular flexibility index (Phi) is 3.56. The topological polar surface area (TPSA) is 88.3 Å². The molecule has 100 valence electrons. The summed E-state index contributed by atoms with van der Waals surface area (Å²) in [5, 5.41) is -0.00574. The normalized spacial score (nSPS) is 25.3. The van der Waals surface area contributed by atoms with Crippen LogP contribution in [0.15, 0.2) is 23.4 Å². The third-order valence-electron chi connectivity index (χ3n) is 3.47. The number of nitrogens with one attached hydrogen (secondary N) is 1. The van der Waals surface area contributed by atoms with E-state index < -0.39 is 10.0 Å². The number of anilines is 1. The molecule has 2 unspecified atom stereocenters. The van der Waals surface area contributed by atoms with Crippen LogP contribution in [0.3, 0.4) is 0 Å². The smallest absolute Gasteiger partial charge is 0.262 e. The summed E-state index contributed by atoms with van der Waals surface area (Å²) < 4.78 is 26.4. The molecular formula is C11H18N4O2S. The van der Waals surface area contributed by atoms with E-state index in [9.17, 15) is 8.42 Å². The first-order chi connectivity index (χ1) is 8.46. The van der Waals surface area contributed by atoms with E-state index in [1.54, 1.807) is 12.1 Å². The highest BCUT2D eigenvalue weighted by Gasteiger charge is 2.36. The van der Waals surface area contributed by atoms with Gasteiger partial charge in [0.1, 0.15) is 0 Å². The van der Waals surface area contributed by atoms with Gasteiger partial charge in [-0.1, -0.05) is 13.8 Å². The van der Waals surface area contributed by atoms with Crippen LogP contribution >= 0.6 is 0 Å². The predicted molar refractivity (Wildman–Crippen MR) is 69.1 cm³/mol. The zero-order chi connectivity index (χ0) is 13.3. The van der Waals surface area contributed by atoms with Crippen LogP contribution in [0.5, 0.6) is 0 Å². The van der Waals surface area contributed by atoms with E-state index in [-0.39, 0.29) is 5.03 Å². The van der Waals surface area contributed by atoms with Crippen molar-refractivity contribution in [2.75, 3.05) is 18.5 Å². The van der Waals surface area contributed by atoms with Crippen LogP contribution in [-0.4, -0.2) is 30.8 Å². The van der Waals surface area contributed by atoms with Crippen molar-refractivity contribution in [1.29, 1.82) is 0 Å². The minimum atomic E-state index is -3.57. The largest absolute Gasteiger partial charge is 0.321 e. The summed E-state index contributed by atoms with van der Waals surface area (Å²) >= 11 is 0. The molecule has 1 aliphatic heterocycles. The minimum Gasteiger partial charge on any atom is -0.321 e. The molecule has 2 heterocycles. The van der Waals surface area contributed by atoms with Crippen molar-refractivity contribution in [2.45, 2.75) is 18.9 Å². The molecule has 2 atom stereocenters. The second-order valence-electron chi connectivity index (χ2n) is 4.78. The van der Waals surface area contributed by atoms with Gasteiger partial charge in [-0.05, 0) is 24.0 Å². The summed E-state index contributed by atoms with van der Waals surface area (Å²) in [6, 6.07) is 3.24. The fourth-order valence-electron chi connectivity index (χ4n) is 2.10. The van der Waals surface area contributed by atoms with Crippen molar-refractivity contribution in [1.82, 2.24) is 9.29 Å². The van der Waals surface area contributed by atoms with Crippen LogP contribution in [0.4, 0.5) is 5.69 Å². The molecule has 0 aromatic carbocycles. The predicted octanol–water partition coefficient (Wildman–Crippen LogP) is 0.644. The molecule has 6 nitrogen and oxygen atoms in total. The number of nitrogens with two attached hydrogens (primary N) is 1. The summed E-state index contributed by atoms with van der Waals surface area (Å²) in [6.07, 6.45) is 1.46. The maximum atomic E-state index is 12.5. The minimum absolute atomic E-state index is 0.00574. The molecule has 1 aromatic rings. The van der Waals surface area contributed by atoms with Gasteiger partial charge in [0.25, 0.3) is 10.0 Å². The van der Waals surface area contributed by atoms with Crippen molar-refractivity contribution in [3.63, 3.8) is 0 Å². The van der Waals surface area contributed by atoms with Gasteiger partial charge in [0, 0.05) is 19.3 Å². The highest BCUT2D eigenvalue weighted by atomic mass is 32.2. The third-order valence-corrected chi connectivity index (χ3v) is 5.26. The van der Waals surface area contributed by atoms with E-state index >= 15 is 0 Å². The monoisotopic (exact) mass is 270 g/mol. The lowest BCUT2D eigenvalue weighted by atomic mass is 10.0. The lowest BCUT2D eigenvalue weighted by Gasteiger charge is -2.17. The fraction of sp³-hybridized carbons (Fsp3) is 0.545. The number of hydrogen-bond acceptors (Lipinski definition) is 5. The molecule has 0 aliphatic carbocycles. The van der Waals surface area contributed by atoms with E-state index in [0.717, 1.165) is 0 Å². The number of pyridine rings is 1. The first-order valence-corrected chi connectivity index (χ1v) is 7.32. The average molecular weight is 270 g/mol. The Hall–Kier alpha value is -1.18. The number of hydrazine groups is 1. The van der Waals surface area contributed by atoms with Gasteiger partial charge in [0.05, 0.1) is 5.69 Å². The van der Waals surface area contributed by atoms with E-state index in [2.05, 4.69) is 24.3 Å². The van der Waals surface area contributed by atoms with Crippen LogP contribution < -0.4 is 11.3 Å². The molecule has 1 aliphatic rings. The maximum absolute atomic E-state index is 12.5. The van der Waals surface area contributed by atoms with Gasteiger partial charge in [-0.3, -0.25) is 5.84 Å². The molecule has 2 rings (SSSR count). The number of nitrogen functional groups attached to an aromatic ring is 1. The lowest BCUT2D eigenvalue weighted by molar-refractivity contribution is 0.461. The van der Waals surface area contributed by atoms with Gasteiger partial charge in [-0.15, -0.1) is 0 Å². The van der Waals surface area contributed by atoms with E-state index in [0.29, 0.717) is 30.6 Å². The molecule has 0 spiro atoms. The zero-order valence-corrected chi connectivity index (χ0v) is 11.3. The van der Waals surface area contributed by atoms with Crippen molar-refractivity contribution in [3.8, 4) is 0 Å². The molecule has 1 fully saturated rings. The molecule has 0 bridgehead atoms. The van der Waals surface area contributed by atoms with Crippen LogP contribution in [0.2, 0.25) is 0 Å². The first kappa shape index (κ1) is 13.3. The standard InChI is InChI=1S/C11H18N4O2S/c1-8-6-15(7-9(8)2)18(16,17)11-10(14-12)4-3-5-13-11/h3-5,8-9,14H,6-7,12H2,1-2H3. The molecule has 0 amide bonds. The second kappa shape index (κ2) is 4.83. The SMILES string of the molecule is CC1CN(S(=O)(=O)c2ncccc2NN)CC1C. The Morgan fingerprint density at radius 1 is 1.39 bits per heavy atom. The molecule has 0 saturated carbocycles. The van der Waals surface area contributed by atoms with Crippen molar-refractivity contribution in [3.05, 3.63) is 18.3 Å². The summed E-state index contributed by atoms with van der Waals surface area (Å²) in [7, 11) is -3.57. The van der Waals surface area contributed by atoms with Gasteiger partial charge in [-0.2, -0.15) is 4.31 Å². The first-order valence-electron chi connectivity index (χ1n) is 5.88. The molecule has 18 heavy (non-hydrogen) atoms. The highest BCUT2D eigenvalue weighted by Crippen LogP contribution is 2.29. The highest BCUT2D eigenvalue weighted by molar-refractivity contribution is 7.89. The maximum Gasteiger partial charge on any atom is 0.262 e. The number of nitrogens with zero attached hydrogens (tertiary/aromatic N) is 2. The van der Waals surface area contributed by atoms with Crippen molar-refractivity contribution >= 4 is 15.7 Å². The van der Waals surface area contributed by atoms with Crippen LogP contribution in [-0.2, 0) is 10.0 Å². The molecule has 7 heteroatoms. The number of aromatic nitrogens is 1. The summed E-state index contributed by atoms with van der Waals surface area (Å²) in [5.74, 6) is 6.05. The van der Waals surface area contributed by atoms with Crippen molar-refractivity contribution < 1.29 is 8.42 Å². The van der Waals surface area contributed by atoms with Gasteiger partial charge in [0.15, 0.2) is 5.03 Å². The summed E-state index contributed by atoms with van der Waals surface area (Å²) in [5.41, 5.74) is 2.70.